The fourth-order valence-corrected chi connectivity index (χ4v) is 3.73. The third-order valence-corrected chi connectivity index (χ3v) is 5.34. The largest absolute Gasteiger partial charge is 0.478 e. The average molecular weight is 394 g/mol. The highest BCUT2D eigenvalue weighted by molar-refractivity contribution is 8.18. The van der Waals surface area contributed by atoms with Crippen LogP contribution in [0.25, 0.3) is 6.08 Å². The van der Waals surface area contributed by atoms with E-state index in [1.807, 2.05) is 31.2 Å². The van der Waals surface area contributed by atoms with Gasteiger partial charge in [0.1, 0.15) is 0 Å². The molecule has 0 spiro atoms. The van der Waals surface area contributed by atoms with Crippen molar-refractivity contribution in [3.8, 4) is 0 Å². The van der Waals surface area contributed by atoms with Gasteiger partial charge in [-0.05, 0) is 61.0 Å². The Morgan fingerprint density at radius 1 is 1.14 bits per heavy atom. The predicted molar refractivity (Wildman–Crippen MR) is 114 cm³/mol. The third kappa shape index (κ3) is 4.70. The quantitative estimate of drug-likeness (QED) is 0.692. The normalized spacial score (nSPS) is 16.9. The topological polar surface area (TPSA) is 70.0 Å². The van der Waals surface area contributed by atoms with Gasteiger partial charge in [-0.2, -0.15) is 0 Å². The summed E-state index contributed by atoms with van der Waals surface area (Å²) in [4.78, 5) is 30.9. The van der Waals surface area contributed by atoms with E-state index < -0.39 is 5.97 Å². The number of hydrogen-bond acceptors (Lipinski definition) is 4. The summed E-state index contributed by atoms with van der Waals surface area (Å²) >= 11 is 1.35. The van der Waals surface area contributed by atoms with Crippen LogP contribution >= 0.6 is 11.8 Å². The Morgan fingerprint density at radius 3 is 2.43 bits per heavy atom. The maximum absolute atomic E-state index is 12.9. The Balaban J connectivity index is 1.89. The number of amidine groups is 1. The molecule has 0 aromatic heterocycles. The number of carboxylic acid groups (broad SMARTS) is 1. The molecule has 1 heterocycles. The number of hydrogen-bond donors (Lipinski definition) is 1. The summed E-state index contributed by atoms with van der Waals surface area (Å²) in [5.41, 5.74) is 2.98. The fraction of sp³-hybridized carbons (Fsp3) is 0.227. The van der Waals surface area contributed by atoms with Crippen LogP contribution < -0.4 is 0 Å². The molecule has 0 aliphatic carbocycles. The summed E-state index contributed by atoms with van der Waals surface area (Å²) in [6.45, 7) is 4.74. The molecule has 144 valence electrons. The smallest absolute Gasteiger partial charge is 0.335 e. The Kier molecular flexibility index (Phi) is 6.31. The van der Waals surface area contributed by atoms with E-state index >= 15 is 0 Å². The fourth-order valence-electron chi connectivity index (χ4n) is 2.71. The van der Waals surface area contributed by atoms with Crippen molar-refractivity contribution in [3.63, 3.8) is 0 Å². The van der Waals surface area contributed by atoms with Crippen molar-refractivity contribution < 1.29 is 14.7 Å². The highest BCUT2D eigenvalue weighted by Crippen LogP contribution is 2.34. The van der Waals surface area contributed by atoms with E-state index in [0.29, 0.717) is 16.6 Å². The van der Waals surface area contributed by atoms with E-state index in [1.165, 1.54) is 23.9 Å². The monoisotopic (exact) mass is 394 g/mol. The number of aromatic carboxylic acids is 1. The van der Waals surface area contributed by atoms with Gasteiger partial charge in [-0.1, -0.05) is 43.2 Å². The summed E-state index contributed by atoms with van der Waals surface area (Å²) in [7, 11) is 0. The molecule has 0 radical (unpaired) electrons. The molecule has 1 N–H and O–H groups in total. The molecule has 0 saturated carbocycles. The Morgan fingerprint density at radius 2 is 1.82 bits per heavy atom. The van der Waals surface area contributed by atoms with Gasteiger partial charge < -0.3 is 5.11 Å². The van der Waals surface area contributed by atoms with Crippen LogP contribution in [0.15, 0.2) is 58.4 Å². The van der Waals surface area contributed by atoms with Crippen LogP contribution in [0.2, 0.25) is 0 Å². The molecule has 6 heteroatoms. The maximum Gasteiger partial charge on any atom is 0.335 e. The molecule has 2 aromatic rings. The lowest BCUT2D eigenvalue weighted by molar-refractivity contribution is -0.122. The summed E-state index contributed by atoms with van der Waals surface area (Å²) in [6, 6.07) is 14.4. The number of carbonyl (C=O) groups is 2. The van der Waals surface area contributed by atoms with Crippen LogP contribution in [0.5, 0.6) is 0 Å². The second-order valence-electron chi connectivity index (χ2n) is 6.58. The van der Waals surface area contributed by atoms with E-state index in [9.17, 15) is 9.59 Å². The molecule has 3 rings (SSSR count). The molecule has 2 aromatic carbocycles. The minimum absolute atomic E-state index is 0.0633. The van der Waals surface area contributed by atoms with Crippen LogP contribution in [0.4, 0.5) is 5.69 Å². The third-order valence-electron chi connectivity index (χ3n) is 4.34. The number of aryl methyl sites for hydroxylation is 1. The summed E-state index contributed by atoms with van der Waals surface area (Å²) in [6.07, 6.45) is 3.68. The van der Waals surface area contributed by atoms with Crippen molar-refractivity contribution >= 4 is 40.6 Å². The molecule has 5 nitrogen and oxygen atoms in total. The minimum Gasteiger partial charge on any atom is -0.478 e. The molecular formula is C22H22N2O3S. The van der Waals surface area contributed by atoms with Gasteiger partial charge in [0.05, 0.1) is 16.2 Å². The highest BCUT2D eigenvalue weighted by Gasteiger charge is 2.32. The van der Waals surface area contributed by atoms with Crippen molar-refractivity contribution in [2.24, 2.45) is 4.99 Å². The van der Waals surface area contributed by atoms with Gasteiger partial charge in [0.25, 0.3) is 5.91 Å². The molecule has 0 bridgehead atoms. The van der Waals surface area contributed by atoms with E-state index in [4.69, 9.17) is 5.11 Å². The van der Waals surface area contributed by atoms with Crippen molar-refractivity contribution in [3.05, 3.63) is 70.1 Å². The van der Waals surface area contributed by atoms with Crippen LogP contribution in [-0.2, 0) is 4.79 Å². The average Bonchev–Trinajstić information content (AvgIpc) is 2.97. The van der Waals surface area contributed by atoms with E-state index in [2.05, 4.69) is 11.9 Å². The van der Waals surface area contributed by atoms with Crippen LogP contribution in [-0.4, -0.2) is 33.6 Å². The van der Waals surface area contributed by atoms with E-state index in [0.717, 1.165) is 29.7 Å². The summed E-state index contributed by atoms with van der Waals surface area (Å²) in [5.74, 6) is -1.03. The zero-order valence-corrected chi connectivity index (χ0v) is 16.7. The first-order valence-corrected chi connectivity index (χ1v) is 9.99. The Bertz CT molecular complexity index is 931. The highest BCUT2D eigenvalue weighted by atomic mass is 32.2. The second kappa shape index (κ2) is 8.89. The molecular weight excluding hydrogens is 372 g/mol. The summed E-state index contributed by atoms with van der Waals surface area (Å²) in [5, 5.41) is 9.69. The molecule has 0 atom stereocenters. The molecule has 1 aliphatic heterocycles. The number of carbonyl (C=O) groups excluding carboxylic acids is 1. The number of aliphatic imine (C=N–C) groups is 1. The first kappa shape index (κ1) is 19.9. The minimum atomic E-state index is -0.969. The van der Waals surface area contributed by atoms with Gasteiger partial charge in [0.15, 0.2) is 5.17 Å². The van der Waals surface area contributed by atoms with Gasteiger partial charge in [-0.15, -0.1) is 0 Å². The Labute approximate surface area is 168 Å². The standard InChI is InChI=1S/C22H22N2O3S/c1-3-4-13-24-20(25)19(14-16-7-9-17(10-8-16)21(26)27)28-22(24)23-18-11-5-15(2)6-12-18/h5-12,14H,3-4,13H2,1-2H3,(H,26,27)/b19-14+,23-22?. The van der Waals surface area contributed by atoms with Gasteiger partial charge in [-0.25, -0.2) is 9.79 Å². The lowest BCUT2D eigenvalue weighted by Gasteiger charge is -2.14. The first-order chi connectivity index (χ1) is 13.5. The molecule has 1 amide bonds. The van der Waals surface area contributed by atoms with Gasteiger partial charge in [-0.3, -0.25) is 9.69 Å². The van der Waals surface area contributed by atoms with Crippen molar-refractivity contribution in [1.29, 1.82) is 0 Å². The number of nitrogens with zero attached hydrogens (tertiary/aromatic N) is 2. The van der Waals surface area contributed by atoms with Crippen molar-refractivity contribution in [2.75, 3.05) is 6.54 Å². The van der Waals surface area contributed by atoms with Crippen molar-refractivity contribution in [1.82, 2.24) is 4.90 Å². The van der Waals surface area contributed by atoms with E-state index in [1.54, 1.807) is 23.1 Å². The lowest BCUT2D eigenvalue weighted by Crippen LogP contribution is -2.30. The number of carboxylic acids is 1. The summed E-state index contributed by atoms with van der Waals surface area (Å²) < 4.78 is 0. The number of benzene rings is 2. The van der Waals surface area contributed by atoms with Crippen LogP contribution in [0, 0.1) is 6.92 Å². The Hall–Kier alpha value is -2.86. The number of amides is 1. The SMILES string of the molecule is CCCCN1C(=O)/C(=C\c2ccc(C(=O)O)cc2)SC1=Nc1ccc(C)cc1. The zero-order valence-electron chi connectivity index (χ0n) is 15.9. The lowest BCUT2D eigenvalue weighted by atomic mass is 10.1. The number of unbranched alkanes of at least 4 members (excludes halogenated alkanes) is 1. The predicted octanol–water partition coefficient (Wildman–Crippen LogP) is 5.10. The molecule has 1 saturated heterocycles. The van der Waals surface area contributed by atoms with Gasteiger partial charge in [0.2, 0.25) is 0 Å². The van der Waals surface area contributed by atoms with Crippen LogP contribution in [0.3, 0.4) is 0 Å². The number of thioether (sulfide) groups is 1. The molecule has 1 aliphatic rings. The van der Waals surface area contributed by atoms with E-state index in [-0.39, 0.29) is 11.5 Å². The molecule has 1 fully saturated rings. The first-order valence-electron chi connectivity index (χ1n) is 9.18. The van der Waals surface area contributed by atoms with Gasteiger partial charge >= 0.3 is 5.97 Å². The second-order valence-corrected chi connectivity index (χ2v) is 7.59. The zero-order chi connectivity index (χ0) is 20.1. The van der Waals surface area contributed by atoms with Crippen LogP contribution in [0.1, 0.15) is 41.3 Å². The van der Waals surface area contributed by atoms with Gasteiger partial charge in [0, 0.05) is 6.54 Å². The van der Waals surface area contributed by atoms with Crippen molar-refractivity contribution in [2.45, 2.75) is 26.7 Å². The number of rotatable bonds is 6. The maximum atomic E-state index is 12.9. The molecule has 0 unspecified atom stereocenters. The molecule has 28 heavy (non-hydrogen) atoms.